The maximum absolute atomic E-state index is 12.9. The standard InChI is InChI=1S/C23H22F4N2O3/c1-2-19(30)16-6-3-7-17(11-16)29(14-15-5-4-10-28-13-15)18-8-9-20(31-22(24)25)21(12-18)32-23(26)27/h3-13,19,22-23,30H,2,14H2,1H3. The molecule has 0 fully saturated rings. The van der Waals surface area contributed by atoms with Crippen LogP contribution in [0.15, 0.2) is 67.0 Å². The van der Waals surface area contributed by atoms with E-state index in [4.69, 9.17) is 0 Å². The van der Waals surface area contributed by atoms with Gasteiger partial charge in [0.2, 0.25) is 0 Å². The van der Waals surface area contributed by atoms with E-state index < -0.39 is 30.8 Å². The van der Waals surface area contributed by atoms with Crippen LogP contribution in [0.25, 0.3) is 0 Å². The maximum Gasteiger partial charge on any atom is 0.387 e. The second kappa shape index (κ2) is 10.8. The second-order valence-corrected chi connectivity index (χ2v) is 6.85. The van der Waals surface area contributed by atoms with E-state index in [1.165, 1.54) is 12.1 Å². The smallest absolute Gasteiger partial charge is 0.387 e. The molecule has 0 saturated heterocycles. The van der Waals surface area contributed by atoms with Crippen LogP contribution in [-0.4, -0.2) is 23.3 Å². The number of rotatable bonds is 10. The number of aliphatic hydroxyl groups is 1. The largest absolute Gasteiger partial charge is 0.431 e. The van der Waals surface area contributed by atoms with Crippen LogP contribution in [0.3, 0.4) is 0 Å². The Balaban J connectivity index is 2.07. The quantitative estimate of drug-likeness (QED) is 0.380. The van der Waals surface area contributed by atoms with Gasteiger partial charge in [0.1, 0.15) is 0 Å². The first kappa shape index (κ1) is 23.3. The van der Waals surface area contributed by atoms with Gasteiger partial charge < -0.3 is 19.5 Å². The summed E-state index contributed by atoms with van der Waals surface area (Å²) in [5.74, 6) is -1.01. The number of aromatic nitrogens is 1. The molecule has 2 aromatic carbocycles. The van der Waals surface area contributed by atoms with Crippen molar-refractivity contribution in [2.24, 2.45) is 0 Å². The van der Waals surface area contributed by atoms with Gasteiger partial charge in [0.15, 0.2) is 11.5 Å². The van der Waals surface area contributed by atoms with Crippen LogP contribution in [0.1, 0.15) is 30.6 Å². The normalized spacial score (nSPS) is 12.1. The van der Waals surface area contributed by atoms with Gasteiger partial charge in [-0.1, -0.05) is 25.1 Å². The lowest BCUT2D eigenvalue weighted by Crippen LogP contribution is -2.17. The zero-order chi connectivity index (χ0) is 23.1. The van der Waals surface area contributed by atoms with Crippen molar-refractivity contribution in [3.05, 3.63) is 78.1 Å². The molecule has 0 aliphatic rings. The summed E-state index contributed by atoms with van der Waals surface area (Å²) in [6.07, 6.45) is 3.12. The minimum Gasteiger partial charge on any atom is -0.431 e. The van der Waals surface area contributed by atoms with Crippen molar-refractivity contribution < 1.29 is 32.1 Å². The number of hydrogen-bond acceptors (Lipinski definition) is 5. The number of nitrogens with zero attached hydrogens (tertiary/aromatic N) is 2. The van der Waals surface area contributed by atoms with E-state index in [2.05, 4.69) is 14.5 Å². The van der Waals surface area contributed by atoms with Crippen LogP contribution in [0.2, 0.25) is 0 Å². The summed E-state index contributed by atoms with van der Waals surface area (Å²) < 4.78 is 60.0. The van der Waals surface area contributed by atoms with Crippen molar-refractivity contribution in [3.63, 3.8) is 0 Å². The number of hydrogen-bond donors (Lipinski definition) is 1. The molecule has 1 aromatic heterocycles. The zero-order valence-corrected chi connectivity index (χ0v) is 17.2. The van der Waals surface area contributed by atoms with E-state index in [-0.39, 0.29) is 0 Å². The van der Waals surface area contributed by atoms with Gasteiger partial charge in [0, 0.05) is 36.4 Å². The Kier molecular flexibility index (Phi) is 7.88. The average molecular weight is 450 g/mol. The van der Waals surface area contributed by atoms with Gasteiger partial charge in [-0.25, -0.2) is 0 Å². The topological polar surface area (TPSA) is 54.8 Å². The summed E-state index contributed by atoms with van der Waals surface area (Å²) in [5, 5.41) is 10.2. The molecule has 9 heteroatoms. The Morgan fingerprint density at radius 2 is 1.62 bits per heavy atom. The first-order chi connectivity index (χ1) is 15.4. The number of anilines is 2. The highest BCUT2D eigenvalue weighted by Crippen LogP contribution is 2.38. The van der Waals surface area contributed by atoms with Crippen molar-refractivity contribution in [1.82, 2.24) is 4.98 Å². The highest BCUT2D eigenvalue weighted by Gasteiger charge is 2.19. The Bertz CT molecular complexity index is 1010. The second-order valence-electron chi connectivity index (χ2n) is 6.85. The molecule has 3 rings (SSSR count). The minimum atomic E-state index is -3.22. The van der Waals surface area contributed by atoms with Crippen LogP contribution >= 0.6 is 0 Å². The molecule has 5 nitrogen and oxygen atoms in total. The van der Waals surface area contributed by atoms with Gasteiger partial charge in [-0.05, 0) is 47.9 Å². The van der Waals surface area contributed by atoms with Gasteiger partial charge in [0.25, 0.3) is 0 Å². The van der Waals surface area contributed by atoms with Gasteiger partial charge in [0.05, 0.1) is 6.10 Å². The van der Waals surface area contributed by atoms with E-state index in [1.54, 1.807) is 47.6 Å². The lowest BCUT2D eigenvalue weighted by molar-refractivity contribution is -0.0692. The molecule has 1 N–H and O–H groups in total. The molecule has 3 aromatic rings. The Morgan fingerprint density at radius 3 is 2.28 bits per heavy atom. The fourth-order valence-corrected chi connectivity index (χ4v) is 3.19. The predicted octanol–water partition coefficient (Wildman–Crippen LogP) is 6.07. The summed E-state index contributed by atoms with van der Waals surface area (Å²) in [5.41, 5.74) is 2.56. The molecular formula is C23H22F4N2O3. The van der Waals surface area contributed by atoms with E-state index in [1.807, 2.05) is 13.0 Å². The lowest BCUT2D eigenvalue weighted by atomic mass is 10.1. The van der Waals surface area contributed by atoms with Crippen molar-refractivity contribution in [1.29, 1.82) is 0 Å². The summed E-state index contributed by atoms with van der Waals surface area (Å²) in [6, 6.07) is 14.6. The molecular weight excluding hydrogens is 428 g/mol. The van der Waals surface area contributed by atoms with Crippen molar-refractivity contribution in [2.75, 3.05) is 4.90 Å². The van der Waals surface area contributed by atoms with Crippen LogP contribution in [0.4, 0.5) is 28.9 Å². The number of ether oxygens (including phenoxy) is 2. The molecule has 0 amide bonds. The molecule has 1 heterocycles. The Labute approximate surface area is 182 Å². The zero-order valence-electron chi connectivity index (χ0n) is 17.2. The van der Waals surface area contributed by atoms with Gasteiger partial charge in [-0.2, -0.15) is 17.6 Å². The fraction of sp³-hybridized carbons (Fsp3) is 0.261. The van der Waals surface area contributed by atoms with E-state index >= 15 is 0 Å². The van der Waals surface area contributed by atoms with Crippen LogP contribution in [-0.2, 0) is 6.54 Å². The lowest BCUT2D eigenvalue weighted by Gasteiger charge is -2.27. The van der Waals surface area contributed by atoms with Crippen molar-refractivity contribution in [2.45, 2.75) is 39.2 Å². The minimum absolute atomic E-state index is 0.294. The number of aliphatic hydroxyl groups excluding tert-OH is 1. The molecule has 0 aliphatic heterocycles. The van der Waals surface area contributed by atoms with Crippen molar-refractivity contribution in [3.8, 4) is 11.5 Å². The van der Waals surface area contributed by atoms with Gasteiger partial charge in [-0.15, -0.1) is 0 Å². The highest BCUT2D eigenvalue weighted by molar-refractivity contribution is 5.67. The molecule has 0 aliphatic carbocycles. The van der Waals surface area contributed by atoms with E-state index in [9.17, 15) is 22.7 Å². The molecule has 170 valence electrons. The third-order valence-corrected chi connectivity index (χ3v) is 4.69. The van der Waals surface area contributed by atoms with E-state index in [0.717, 1.165) is 11.6 Å². The Hall–Kier alpha value is -3.33. The molecule has 0 radical (unpaired) electrons. The summed E-state index contributed by atoms with van der Waals surface area (Å²) in [4.78, 5) is 5.87. The van der Waals surface area contributed by atoms with Gasteiger partial charge >= 0.3 is 13.2 Å². The first-order valence-corrected chi connectivity index (χ1v) is 9.85. The van der Waals surface area contributed by atoms with Crippen LogP contribution in [0.5, 0.6) is 11.5 Å². The summed E-state index contributed by atoms with van der Waals surface area (Å²) in [7, 11) is 0. The monoisotopic (exact) mass is 450 g/mol. The fourth-order valence-electron chi connectivity index (χ4n) is 3.19. The molecule has 0 spiro atoms. The number of pyridine rings is 1. The summed E-state index contributed by atoms with van der Waals surface area (Å²) >= 11 is 0. The third kappa shape index (κ3) is 6.10. The molecule has 32 heavy (non-hydrogen) atoms. The SMILES string of the molecule is CCC(O)c1cccc(N(Cc2cccnc2)c2ccc(OC(F)F)c(OC(F)F)c2)c1. The highest BCUT2D eigenvalue weighted by atomic mass is 19.3. The summed E-state index contributed by atoms with van der Waals surface area (Å²) in [6.45, 7) is -4.27. The molecule has 0 saturated carbocycles. The third-order valence-electron chi connectivity index (χ3n) is 4.69. The maximum atomic E-state index is 12.9. The van der Waals surface area contributed by atoms with E-state index in [0.29, 0.717) is 29.9 Å². The predicted molar refractivity (Wildman–Crippen MR) is 111 cm³/mol. The van der Waals surface area contributed by atoms with Crippen LogP contribution < -0.4 is 14.4 Å². The Morgan fingerprint density at radius 1 is 0.906 bits per heavy atom. The van der Waals surface area contributed by atoms with Crippen molar-refractivity contribution >= 4 is 11.4 Å². The number of halogens is 4. The molecule has 1 unspecified atom stereocenters. The number of benzene rings is 2. The number of alkyl halides is 4. The van der Waals surface area contributed by atoms with Gasteiger partial charge in [-0.3, -0.25) is 4.98 Å². The first-order valence-electron chi connectivity index (χ1n) is 9.85. The van der Waals surface area contributed by atoms with Crippen LogP contribution in [0, 0.1) is 0 Å². The molecule has 1 atom stereocenters. The average Bonchev–Trinajstić information content (AvgIpc) is 2.78. The molecule has 0 bridgehead atoms.